The number of hydrogen-bond donors (Lipinski definition) is 2. The van der Waals surface area contributed by atoms with Crippen LogP contribution in [0.1, 0.15) is 6.92 Å². The molecule has 0 radical (unpaired) electrons. The molecule has 13 nitrogen and oxygen atoms in total. The summed E-state index contributed by atoms with van der Waals surface area (Å²) in [5, 5.41) is 3.64. The van der Waals surface area contributed by atoms with Crippen LogP contribution in [0.5, 0.6) is 11.5 Å². The number of pyridine rings is 1. The molecule has 1 aromatic heterocycles. The van der Waals surface area contributed by atoms with E-state index in [0.717, 1.165) is 0 Å². The Hall–Kier alpha value is -3.62. The van der Waals surface area contributed by atoms with E-state index in [0.29, 0.717) is 75.1 Å². The van der Waals surface area contributed by atoms with Gasteiger partial charge >= 0.3 is 0 Å². The number of nitrogens with two attached hydrogens (primary N) is 1. The van der Waals surface area contributed by atoms with E-state index in [4.69, 9.17) is 34.2 Å². The summed E-state index contributed by atoms with van der Waals surface area (Å²) in [7, 11) is 0. The summed E-state index contributed by atoms with van der Waals surface area (Å²) >= 11 is 0. The molecule has 3 N–H and O–H groups in total. The molecule has 1 aliphatic heterocycles. The lowest BCUT2D eigenvalue weighted by molar-refractivity contribution is -0.112. The topological polar surface area (TPSA) is 157 Å². The van der Waals surface area contributed by atoms with Gasteiger partial charge < -0.3 is 39.5 Å². The van der Waals surface area contributed by atoms with Gasteiger partial charge in [-0.25, -0.2) is 0 Å². The maximum atomic E-state index is 13.5. The molecule has 1 aliphatic rings. The van der Waals surface area contributed by atoms with Crippen molar-refractivity contribution in [2.75, 3.05) is 78.1 Å². The predicted octanol–water partition coefficient (Wildman–Crippen LogP) is 1.37. The van der Waals surface area contributed by atoms with Gasteiger partial charge in [-0.2, -0.15) is 0 Å². The Balaban J connectivity index is 1.96. The van der Waals surface area contributed by atoms with Gasteiger partial charge in [0.05, 0.1) is 70.5 Å². The quantitative estimate of drug-likeness (QED) is 0.394. The molecule has 0 atom stereocenters. The monoisotopic (exact) mass is 559 g/mol. The van der Waals surface area contributed by atoms with E-state index in [1.807, 2.05) is 0 Å². The first-order valence-corrected chi connectivity index (χ1v) is 13.0. The molecular weight excluding hydrogens is 522 g/mol. The molecule has 1 amide bonds. The minimum atomic E-state index is -0.537. The van der Waals surface area contributed by atoms with Crippen LogP contribution in [-0.4, -0.2) is 96.1 Å². The van der Waals surface area contributed by atoms with Crippen LogP contribution < -0.4 is 26.1 Å². The Morgan fingerprint density at radius 1 is 0.975 bits per heavy atom. The summed E-state index contributed by atoms with van der Waals surface area (Å²) in [5.41, 5.74) is 5.24. The average Bonchev–Trinajstić information content (AvgIpc) is 2.95. The van der Waals surface area contributed by atoms with Crippen LogP contribution in [0.25, 0.3) is 10.8 Å². The third-order valence-electron chi connectivity index (χ3n) is 5.67. The highest BCUT2D eigenvalue weighted by Crippen LogP contribution is 2.36. The summed E-state index contributed by atoms with van der Waals surface area (Å²) in [6, 6.07) is 5.04. The fourth-order valence-corrected chi connectivity index (χ4v) is 3.82. The Morgan fingerprint density at radius 2 is 1.57 bits per heavy atom. The summed E-state index contributed by atoms with van der Waals surface area (Å²) in [5.74, 6) is 0.500. The van der Waals surface area contributed by atoms with Crippen molar-refractivity contribution in [3.63, 3.8) is 0 Å². The minimum absolute atomic E-state index is 0.00353. The third-order valence-corrected chi connectivity index (χ3v) is 5.67. The van der Waals surface area contributed by atoms with E-state index in [9.17, 15) is 9.59 Å². The number of nitrogens with zero attached hydrogens (tertiary/aromatic N) is 3. The Morgan fingerprint density at radius 3 is 2.15 bits per heavy atom. The summed E-state index contributed by atoms with van der Waals surface area (Å²) in [6.45, 7) is 9.20. The molecular formula is C27H37N5O8. The van der Waals surface area contributed by atoms with Crippen LogP contribution in [0.15, 0.2) is 44.8 Å². The maximum Gasteiger partial charge on any atom is 0.260 e. The Kier molecular flexibility index (Phi) is 13.3. The van der Waals surface area contributed by atoms with Crippen LogP contribution >= 0.6 is 0 Å². The molecule has 0 unspecified atom stereocenters. The number of carbonyl (C=O) groups excluding carboxylic acids is 1. The van der Waals surface area contributed by atoms with Gasteiger partial charge in [0.2, 0.25) is 0 Å². The molecule has 0 saturated heterocycles. The van der Waals surface area contributed by atoms with Crippen molar-refractivity contribution < 1.29 is 33.2 Å². The number of aromatic nitrogens is 1. The largest absolute Gasteiger partial charge is 0.487 e. The van der Waals surface area contributed by atoms with E-state index in [-0.39, 0.29) is 43.4 Å². The van der Waals surface area contributed by atoms with Crippen molar-refractivity contribution >= 4 is 35.4 Å². The van der Waals surface area contributed by atoms with Crippen LogP contribution in [0.4, 0.5) is 5.82 Å². The molecule has 2 aromatic rings. The molecule has 0 fully saturated rings. The Bertz CT molecular complexity index is 1240. The highest BCUT2D eigenvalue weighted by molar-refractivity contribution is 6.17. The van der Waals surface area contributed by atoms with Gasteiger partial charge in [0, 0.05) is 24.3 Å². The first-order valence-electron chi connectivity index (χ1n) is 13.0. The molecule has 2 heterocycles. The zero-order chi connectivity index (χ0) is 28.6. The van der Waals surface area contributed by atoms with Crippen molar-refractivity contribution in [2.45, 2.75) is 13.5 Å². The fourth-order valence-electron chi connectivity index (χ4n) is 3.82. The Labute approximate surface area is 232 Å². The number of fused-ring (bicyclic) bond motifs is 3. The molecule has 40 heavy (non-hydrogen) atoms. The molecule has 0 aliphatic carbocycles. The number of nitrogens with one attached hydrogen (secondary N) is 1. The number of amides is 1. The van der Waals surface area contributed by atoms with Crippen molar-refractivity contribution in [1.82, 2.24) is 4.57 Å². The lowest BCUT2D eigenvalue weighted by atomic mass is 10.1. The second-order valence-corrected chi connectivity index (χ2v) is 8.29. The first-order chi connectivity index (χ1) is 19.6. The van der Waals surface area contributed by atoms with Crippen molar-refractivity contribution in [3.8, 4) is 11.5 Å². The summed E-state index contributed by atoms with van der Waals surface area (Å²) < 4.78 is 35.6. The van der Waals surface area contributed by atoms with Crippen LogP contribution in [0.2, 0.25) is 0 Å². The smallest absolute Gasteiger partial charge is 0.260 e. The lowest BCUT2D eigenvalue weighted by Gasteiger charge is -2.18. The number of carbonyl (C=O) groups is 1. The first kappa shape index (κ1) is 30.9. The number of hydrogen-bond acceptors (Lipinski definition) is 11. The van der Waals surface area contributed by atoms with Gasteiger partial charge in [-0.1, -0.05) is 0 Å². The molecule has 13 heteroatoms. The predicted molar refractivity (Wildman–Crippen MR) is 152 cm³/mol. The van der Waals surface area contributed by atoms with E-state index < -0.39 is 5.91 Å². The molecule has 0 spiro atoms. The maximum absolute atomic E-state index is 13.5. The molecule has 1 aromatic carbocycles. The number of rotatable bonds is 6. The second kappa shape index (κ2) is 17.2. The van der Waals surface area contributed by atoms with Crippen molar-refractivity contribution in [3.05, 3.63) is 40.3 Å². The number of anilines is 1. The number of ether oxygens (including phenoxy) is 6. The molecule has 218 valence electrons. The van der Waals surface area contributed by atoms with E-state index in [1.54, 1.807) is 25.1 Å². The normalized spacial score (nSPS) is 16.8. The average molecular weight is 560 g/mol. The highest BCUT2D eigenvalue weighted by atomic mass is 16.6. The molecule has 0 bridgehead atoms. The SMILES string of the molecule is C=N/C=C(\C=N/CN)C(=O)Nc1cc2c3c(ccc2c(=O)n1CC)OCCOCCOCCOCCOCCO3. The van der Waals surface area contributed by atoms with E-state index >= 15 is 0 Å². The minimum Gasteiger partial charge on any atom is -0.487 e. The van der Waals surface area contributed by atoms with Gasteiger partial charge in [0.15, 0.2) is 11.5 Å². The number of benzene rings is 1. The third kappa shape index (κ3) is 8.96. The zero-order valence-electron chi connectivity index (χ0n) is 22.8. The van der Waals surface area contributed by atoms with Crippen LogP contribution in [0, 0.1) is 0 Å². The fraction of sp³-hybridized carbons (Fsp3) is 0.481. The van der Waals surface area contributed by atoms with Crippen LogP contribution in [-0.2, 0) is 30.3 Å². The van der Waals surface area contributed by atoms with E-state index in [1.165, 1.54) is 17.0 Å². The van der Waals surface area contributed by atoms with Crippen molar-refractivity contribution in [2.24, 2.45) is 15.7 Å². The summed E-state index contributed by atoms with van der Waals surface area (Å²) in [4.78, 5) is 34.0. The van der Waals surface area contributed by atoms with Gasteiger partial charge in [-0.15, -0.1) is 0 Å². The molecule has 3 rings (SSSR count). The van der Waals surface area contributed by atoms with Crippen LogP contribution in [0.3, 0.4) is 0 Å². The standard InChI is InChI=1S/C27H37N5O8/c1-3-32-24(31-26(33)20(17-29-2)18-30-19-28)16-22-21(27(32)34)4-5-23-25(22)40-15-13-38-11-9-36-7-6-35-8-10-37-12-14-39-23/h4-5,16-18H,2-3,6-15,19,28H2,1H3,(H,31,33)/b20-17+,30-18-. The highest BCUT2D eigenvalue weighted by Gasteiger charge is 2.19. The van der Waals surface area contributed by atoms with E-state index in [2.05, 4.69) is 22.0 Å². The summed E-state index contributed by atoms with van der Waals surface area (Å²) in [6.07, 6.45) is 2.55. The van der Waals surface area contributed by atoms with Gasteiger partial charge in [0.1, 0.15) is 19.0 Å². The van der Waals surface area contributed by atoms with Gasteiger partial charge in [-0.3, -0.25) is 24.1 Å². The molecule has 0 saturated carbocycles. The number of aliphatic imine (C=N–C) groups is 2. The second-order valence-electron chi connectivity index (χ2n) is 8.29. The van der Waals surface area contributed by atoms with Crippen molar-refractivity contribution in [1.29, 1.82) is 0 Å². The zero-order valence-corrected chi connectivity index (χ0v) is 22.8. The lowest BCUT2D eigenvalue weighted by Crippen LogP contribution is -2.26. The van der Waals surface area contributed by atoms with Gasteiger partial charge in [0.25, 0.3) is 11.5 Å². The van der Waals surface area contributed by atoms with Gasteiger partial charge in [-0.05, 0) is 31.8 Å².